The van der Waals surface area contributed by atoms with Gasteiger partial charge in [0.2, 0.25) is 0 Å². The molecule has 1 fully saturated rings. The van der Waals surface area contributed by atoms with Gasteiger partial charge in [-0.25, -0.2) is 9.59 Å². The molecule has 0 aromatic heterocycles. The van der Waals surface area contributed by atoms with Crippen LogP contribution in [-0.2, 0) is 19.1 Å². The van der Waals surface area contributed by atoms with Gasteiger partial charge in [0, 0.05) is 26.0 Å². The summed E-state index contributed by atoms with van der Waals surface area (Å²) in [5.74, 6) is -2.87. The number of esters is 2. The van der Waals surface area contributed by atoms with Crippen LogP contribution in [0.15, 0.2) is 54.1 Å². The summed E-state index contributed by atoms with van der Waals surface area (Å²) < 4.78 is 10.2. The summed E-state index contributed by atoms with van der Waals surface area (Å²) in [5.41, 5.74) is 1.47. The summed E-state index contributed by atoms with van der Waals surface area (Å²) in [6, 6.07) is 13.0. The number of benzene rings is 2. The molecule has 0 aliphatic carbocycles. The van der Waals surface area contributed by atoms with E-state index in [4.69, 9.17) is 9.47 Å². The van der Waals surface area contributed by atoms with Crippen molar-refractivity contribution in [1.29, 1.82) is 0 Å². The summed E-state index contributed by atoms with van der Waals surface area (Å²) in [7, 11) is 0. The van der Waals surface area contributed by atoms with Gasteiger partial charge in [-0.05, 0) is 22.8 Å². The number of carbonyl (C=O) groups excluding carboxylic acids is 2. The van der Waals surface area contributed by atoms with Crippen LogP contribution in [0.2, 0.25) is 0 Å². The van der Waals surface area contributed by atoms with Crippen LogP contribution in [0.5, 0.6) is 0 Å². The maximum Gasteiger partial charge on any atom is 0.348 e. The fourth-order valence-corrected chi connectivity index (χ4v) is 2.61. The molecule has 7 heteroatoms. The molecule has 132 valence electrons. The van der Waals surface area contributed by atoms with E-state index in [9.17, 15) is 19.7 Å². The van der Waals surface area contributed by atoms with E-state index < -0.39 is 22.6 Å². The van der Waals surface area contributed by atoms with E-state index in [0.29, 0.717) is 16.7 Å². The topological polar surface area (TPSA) is 95.7 Å². The minimum atomic E-state index is -1.31. The summed E-state index contributed by atoms with van der Waals surface area (Å²) >= 11 is 0. The van der Waals surface area contributed by atoms with E-state index in [1.54, 1.807) is 36.4 Å². The standard InChI is InChI=1S/C19H15NO6/c1-19(2)25-17(21)16(18(22)26-19)11-13-6-3-4-9-15(13)12-7-5-8-14(10-12)20(23)24/h3-11H,1-2H3. The van der Waals surface area contributed by atoms with Crippen molar-refractivity contribution in [1.82, 2.24) is 0 Å². The molecule has 2 aromatic carbocycles. The molecule has 0 atom stereocenters. The molecule has 0 spiro atoms. The van der Waals surface area contributed by atoms with E-state index in [1.165, 1.54) is 32.1 Å². The quantitative estimate of drug-likeness (QED) is 0.276. The molecule has 0 amide bonds. The minimum absolute atomic E-state index is 0.0526. The van der Waals surface area contributed by atoms with E-state index in [1.807, 2.05) is 0 Å². The predicted octanol–water partition coefficient (Wildman–Crippen LogP) is 3.48. The Morgan fingerprint density at radius 2 is 1.65 bits per heavy atom. The Balaban J connectivity index is 2.06. The summed E-state index contributed by atoms with van der Waals surface area (Å²) in [5, 5.41) is 11.0. The maximum absolute atomic E-state index is 12.1. The number of ether oxygens (including phenoxy) is 2. The predicted molar refractivity (Wildman–Crippen MR) is 92.8 cm³/mol. The molecule has 1 aliphatic rings. The summed E-state index contributed by atoms with van der Waals surface area (Å²) in [4.78, 5) is 34.8. The van der Waals surface area contributed by atoms with E-state index in [-0.39, 0.29) is 11.3 Å². The van der Waals surface area contributed by atoms with Crippen molar-refractivity contribution >= 4 is 23.7 Å². The van der Waals surface area contributed by atoms with Crippen LogP contribution in [-0.4, -0.2) is 22.6 Å². The van der Waals surface area contributed by atoms with Gasteiger partial charge in [-0.3, -0.25) is 10.1 Å². The fraction of sp³-hybridized carbons (Fsp3) is 0.158. The van der Waals surface area contributed by atoms with Crippen molar-refractivity contribution in [3.05, 3.63) is 69.8 Å². The average molecular weight is 353 g/mol. The number of nitro benzene ring substituents is 1. The lowest BCUT2D eigenvalue weighted by Crippen LogP contribution is -2.41. The highest BCUT2D eigenvalue weighted by molar-refractivity contribution is 6.19. The highest BCUT2D eigenvalue weighted by Gasteiger charge is 2.38. The monoisotopic (exact) mass is 353 g/mol. The highest BCUT2D eigenvalue weighted by atomic mass is 16.7. The van der Waals surface area contributed by atoms with Crippen LogP contribution >= 0.6 is 0 Å². The minimum Gasteiger partial charge on any atom is -0.419 e. The molecule has 0 radical (unpaired) electrons. The molecular weight excluding hydrogens is 338 g/mol. The van der Waals surface area contributed by atoms with Gasteiger partial charge in [-0.2, -0.15) is 0 Å². The Morgan fingerprint density at radius 1 is 1.00 bits per heavy atom. The number of nitro groups is 1. The van der Waals surface area contributed by atoms with Gasteiger partial charge >= 0.3 is 11.9 Å². The van der Waals surface area contributed by atoms with Crippen LogP contribution in [0.3, 0.4) is 0 Å². The smallest absolute Gasteiger partial charge is 0.348 e. The number of nitrogens with zero attached hydrogens (tertiary/aromatic N) is 1. The van der Waals surface area contributed by atoms with Gasteiger partial charge < -0.3 is 9.47 Å². The van der Waals surface area contributed by atoms with Crippen molar-refractivity contribution < 1.29 is 24.0 Å². The second-order valence-electron chi connectivity index (χ2n) is 6.13. The normalized spacial score (nSPS) is 15.8. The third-order valence-corrected chi connectivity index (χ3v) is 3.75. The van der Waals surface area contributed by atoms with E-state index >= 15 is 0 Å². The van der Waals surface area contributed by atoms with Crippen molar-refractivity contribution in [2.24, 2.45) is 0 Å². The SMILES string of the molecule is CC1(C)OC(=O)C(=Cc2ccccc2-c2cccc([N+](=O)[O-])c2)C(=O)O1. The molecule has 0 bridgehead atoms. The van der Waals surface area contributed by atoms with Crippen molar-refractivity contribution in [3.63, 3.8) is 0 Å². The molecule has 26 heavy (non-hydrogen) atoms. The van der Waals surface area contributed by atoms with Crippen molar-refractivity contribution in [3.8, 4) is 11.1 Å². The number of carbonyl (C=O) groups is 2. The van der Waals surface area contributed by atoms with Crippen molar-refractivity contribution in [2.75, 3.05) is 0 Å². The number of rotatable bonds is 3. The number of hydrogen-bond acceptors (Lipinski definition) is 6. The van der Waals surface area contributed by atoms with E-state index in [2.05, 4.69) is 0 Å². The van der Waals surface area contributed by atoms with Gasteiger partial charge in [0.15, 0.2) is 0 Å². The molecule has 1 saturated heterocycles. The van der Waals surface area contributed by atoms with Gasteiger partial charge in [0.25, 0.3) is 11.5 Å². The number of cyclic esters (lactones) is 2. The Bertz CT molecular complexity index is 923. The highest BCUT2D eigenvalue weighted by Crippen LogP contribution is 2.30. The zero-order valence-electron chi connectivity index (χ0n) is 14.1. The zero-order chi connectivity index (χ0) is 18.9. The zero-order valence-corrected chi connectivity index (χ0v) is 14.1. The number of hydrogen-bond donors (Lipinski definition) is 0. The molecule has 1 aliphatic heterocycles. The van der Waals surface area contributed by atoms with Gasteiger partial charge in [0.05, 0.1) is 4.92 Å². The molecule has 0 N–H and O–H groups in total. The Kier molecular flexibility index (Phi) is 4.29. The average Bonchev–Trinajstić information content (AvgIpc) is 2.58. The van der Waals surface area contributed by atoms with Crippen LogP contribution in [0.25, 0.3) is 17.2 Å². The van der Waals surface area contributed by atoms with Gasteiger partial charge in [-0.1, -0.05) is 36.4 Å². The summed E-state index contributed by atoms with van der Waals surface area (Å²) in [6.45, 7) is 2.94. The fourth-order valence-electron chi connectivity index (χ4n) is 2.61. The van der Waals surface area contributed by atoms with Gasteiger partial charge in [0.1, 0.15) is 5.57 Å². The third-order valence-electron chi connectivity index (χ3n) is 3.75. The van der Waals surface area contributed by atoms with Gasteiger partial charge in [-0.15, -0.1) is 0 Å². The van der Waals surface area contributed by atoms with Crippen LogP contribution in [0.4, 0.5) is 5.69 Å². The Morgan fingerprint density at radius 3 is 2.31 bits per heavy atom. The Labute approximate surface area is 149 Å². The third kappa shape index (κ3) is 3.46. The first-order valence-electron chi connectivity index (χ1n) is 7.79. The first-order chi connectivity index (χ1) is 12.3. The lowest BCUT2D eigenvalue weighted by molar-refractivity contribution is -0.384. The van der Waals surface area contributed by atoms with Crippen LogP contribution < -0.4 is 0 Å². The summed E-state index contributed by atoms with van der Waals surface area (Å²) in [6.07, 6.45) is 1.37. The van der Waals surface area contributed by atoms with Crippen LogP contribution in [0, 0.1) is 10.1 Å². The first kappa shape index (κ1) is 17.3. The maximum atomic E-state index is 12.1. The largest absolute Gasteiger partial charge is 0.419 e. The molecule has 0 unspecified atom stereocenters. The molecule has 3 rings (SSSR count). The molecule has 7 nitrogen and oxygen atoms in total. The Hall–Kier alpha value is -3.48. The first-order valence-corrected chi connectivity index (χ1v) is 7.79. The molecule has 1 heterocycles. The van der Waals surface area contributed by atoms with Crippen LogP contribution in [0.1, 0.15) is 19.4 Å². The van der Waals surface area contributed by atoms with E-state index in [0.717, 1.165) is 0 Å². The lowest BCUT2D eigenvalue weighted by atomic mass is 9.97. The second-order valence-corrected chi connectivity index (χ2v) is 6.13. The molecule has 0 saturated carbocycles. The van der Waals surface area contributed by atoms with Crippen molar-refractivity contribution in [2.45, 2.75) is 19.6 Å². The number of non-ortho nitro benzene ring substituents is 1. The molecule has 2 aromatic rings. The second kappa shape index (κ2) is 6.44. The lowest BCUT2D eigenvalue weighted by Gasteiger charge is -2.29. The molecular formula is C19H15NO6.